The Kier molecular flexibility index (Phi) is 14.0. The highest BCUT2D eigenvalue weighted by Gasteiger charge is 2.26. The highest BCUT2D eigenvalue weighted by molar-refractivity contribution is 8.13. The molecule has 18 heteroatoms. The normalized spacial score (nSPS) is 13.6. The lowest BCUT2D eigenvalue weighted by molar-refractivity contribution is -0.118. The van der Waals surface area contributed by atoms with Gasteiger partial charge in [-0.3, -0.25) is 9.59 Å². The molecule has 1 aliphatic rings. The third-order valence-electron chi connectivity index (χ3n) is 8.96. The summed E-state index contributed by atoms with van der Waals surface area (Å²) < 4.78 is 49.5. The number of halogens is 1. The number of aryl methyl sites for hydroxylation is 4. The summed E-state index contributed by atoms with van der Waals surface area (Å²) >= 11 is 6.15. The molecule has 1 fully saturated rings. The number of aromatic nitrogens is 4. The summed E-state index contributed by atoms with van der Waals surface area (Å²) in [7, 11) is -1.91. The zero-order valence-electron chi connectivity index (χ0n) is 31.7. The molecule has 5 heterocycles. The van der Waals surface area contributed by atoms with Gasteiger partial charge in [0.1, 0.15) is 21.6 Å². The number of nitrogens with zero attached hydrogens (tertiary/aromatic N) is 5. The van der Waals surface area contributed by atoms with Crippen LogP contribution in [0.4, 0.5) is 0 Å². The average molecular weight is 903 g/mol. The highest BCUT2D eigenvalue weighted by atomic mass is 35.7. The molecule has 4 aromatic heterocycles. The first-order valence-corrected chi connectivity index (χ1v) is 25.1. The summed E-state index contributed by atoms with van der Waals surface area (Å²) in [4.78, 5) is 45.3. The van der Waals surface area contributed by atoms with Crippen molar-refractivity contribution in [3.63, 3.8) is 0 Å². The lowest BCUT2D eigenvalue weighted by Gasteiger charge is -2.25. The van der Waals surface area contributed by atoms with Crippen molar-refractivity contribution >= 4 is 86.7 Å². The summed E-state index contributed by atoms with van der Waals surface area (Å²) in [6.07, 6.45) is 3.90. The second-order valence-electron chi connectivity index (χ2n) is 13.5. The van der Waals surface area contributed by atoms with Gasteiger partial charge in [-0.2, -0.15) is 4.31 Å². The lowest BCUT2D eigenvalue weighted by Crippen LogP contribution is -2.35. The molecule has 0 saturated carbocycles. The second-order valence-corrected chi connectivity index (χ2v) is 22.3. The Morgan fingerprint density at radius 1 is 0.614 bits per heavy atom. The average Bonchev–Trinajstić information content (AvgIpc) is 3.96. The summed E-state index contributed by atoms with van der Waals surface area (Å²) in [6.45, 7) is 9.02. The van der Waals surface area contributed by atoms with Crippen LogP contribution in [0, 0.1) is 27.7 Å². The van der Waals surface area contributed by atoms with Gasteiger partial charge in [0.05, 0.1) is 65.2 Å². The predicted molar refractivity (Wildman–Crippen MR) is 229 cm³/mol. The molecule has 0 aliphatic carbocycles. The van der Waals surface area contributed by atoms with Crippen molar-refractivity contribution in [3.8, 4) is 21.1 Å². The van der Waals surface area contributed by atoms with Crippen LogP contribution in [0.3, 0.4) is 0 Å². The Morgan fingerprint density at radius 2 is 1.04 bits per heavy atom. The van der Waals surface area contributed by atoms with Crippen LogP contribution >= 0.6 is 56.0 Å². The predicted octanol–water partition coefficient (Wildman–Crippen LogP) is 8.58. The number of rotatable bonds is 13. The van der Waals surface area contributed by atoms with Crippen LogP contribution in [0.5, 0.6) is 0 Å². The topological polar surface area (TPSA) is 157 Å². The molecule has 0 N–H and O–H groups in total. The summed E-state index contributed by atoms with van der Waals surface area (Å²) in [6, 6.07) is 12.7. The number of piperidine rings is 1. The van der Waals surface area contributed by atoms with Gasteiger partial charge in [0.15, 0.2) is 0 Å². The van der Waals surface area contributed by atoms with E-state index in [4.69, 9.17) is 10.7 Å². The number of Topliss-reactive ketones (excluding diaryl/α,β-unsaturated/α-hetero) is 2. The third-order valence-corrected chi connectivity index (χ3v) is 16.1. The quantitative estimate of drug-likeness (QED) is 0.103. The van der Waals surface area contributed by atoms with Crippen LogP contribution in [0.1, 0.15) is 61.8 Å². The molecule has 0 unspecified atom stereocenters. The first-order valence-electron chi connectivity index (χ1n) is 18.0. The van der Waals surface area contributed by atoms with Gasteiger partial charge in [-0.1, -0.05) is 30.7 Å². The monoisotopic (exact) mass is 901 g/mol. The molecular formula is C39H40ClN5O6S6. The van der Waals surface area contributed by atoms with Gasteiger partial charge in [0, 0.05) is 47.4 Å². The van der Waals surface area contributed by atoms with Gasteiger partial charge in [-0.05, 0) is 75.9 Å². The van der Waals surface area contributed by atoms with E-state index in [-0.39, 0.29) is 42.1 Å². The van der Waals surface area contributed by atoms with E-state index >= 15 is 0 Å². The lowest BCUT2D eigenvalue weighted by atomic mass is 10.1. The van der Waals surface area contributed by atoms with Gasteiger partial charge in [0.25, 0.3) is 9.05 Å². The van der Waals surface area contributed by atoms with E-state index in [1.165, 1.54) is 34.8 Å². The van der Waals surface area contributed by atoms with Gasteiger partial charge in [0.2, 0.25) is 10.0 Å². The minimum atomic E-state index is -3.75. The maximum atomic E-state index is 12.8. The summed E-state index contributed by atoms with van der Waals surface area (Å²) in [5, 5.41) is 7.46. The molecule has 0 amide bonds. The fourth-order valence-corrected chi connectivity index (χ4v) is 12.1. The molecule has 1 saturated heterocycles. The molecule has 2 aromatic carbocycles. The fourth-order valence-electron chi connectivity index (χ4n) is 6.25. The van der Waals surface area contributed by atoms with Crippen molar-refractivity contribution < 1.29 is 26.4 Å². The molecule has 57 heavy (non-hydrogen) atoms. The second kappa shape index (κ2) is 18.6. The van der Waals surface area contributed by atoms with Gasteiger partial charge in [-0.15, -0.1) is 45.3 Å². The number of hydrogen-bond acceptors (Lipinski definition) is 14. The maximum absolute atomic E-state index is 12.8. The number of sulfonamides is 1. The Morgan fingerprint density at radius 3 is 1.42 bits per heavy atom. The zero-order chi connectivity index (χ0) is 40.9. The van der Waals surface area contributed by atoms with Crippen molar-refractivity contribution in [1.82, 2.24) is 24.2 Å². The molecule has 1 aliphatic heterocycles. The molecule has 0 bridgehead atoms. The SMILES string of the molecule is Cc1nc(C)c(-c2csc(CC(=O)Cc3ccc(S(=O)(=O)Cl)cc3)n2)s1.Cc1nc(C)c(-c2csc(CC(=O)Cc3ccc(S(=O)(=O)N4CCCCC4)cc3)n2)s1. The molecule has 300 valence electrons. The van der Waals surface area contributed by atoms with Crippen LogP contribution in [0.25, 0.3) is 21.1 Å². The number of hydrogen-bond donors (Lipinski definition) is 0. The van der Waals surface area contributed by atoms with Crippen molar-refractivity contribution in [2.24, 2.45) is 0 Å². The molecule has 0 atom stereocenters. The zero-order valence-corrected chi connectivity index (χ0v) is 37.3. The van der Waals surface area contributed by atoms with Crippen LogP contribution in [0.15, 0.2) is 69.1 Å². The highest BCUT2D eigenvalue weighted by Crippen LogP contribution is 2.32. The van der Waals surface area contributed by atoms with E-state index in [1.807, 2.05) is 38.5 Å². The van der Waals surface area contributed by atoms with E-state index in [0.717, 1.165) is 82.9 Å². The van der Waals surface area contributed by atoms with Gasteiger partial charge >= 0.3 is 0 Å². The van der Waals surface area contributed by atoms with E-state index in [0.29, 0.717) is 18.0 Å². The first kappa shape index (κ1) is 43.0. The molecular weight excluding hydrogens is 862 g/mol. The number of thiazole rings is 4. The fraction of sp³-hybridized carbons (Fsp3) is 0.333. The van der Waals surface area contributed by atoms with Crippen molar-refractivity contribution in [2.45, 2.75) is 82.4 Å². The Bertz CT molecular complexity index is 2590. The molecule has 11 nitrogen and oxygen atoms in total. The van der Waals surface area contributed by atoms with Crippen LogP contribution in [-0.2, 0) is 54.3 Å². The Labute approximate surface area is 353 Å². The summed E-state index contributed by atoms with van der Waals surface area (Å²) in [5.41, 5.74) is 5.20. The Balaban J connectivity index is 0.000000196. The number of carbonyl (C=O) groups is 2. The van der Waals surface area contributed by atoms with Crippen LogP contribution in [0.2, 0.25) is 0 Å². The number of ketones is 2. The van der Waals surface area contributed by atoms with Gasteiger partial charge in [-0.25, -0.2) is 36.8 Å². The van der Waals surface area contributed by atoms with E-state index < -0.39 is 19.1 Å². The van der Waals surface area contributed by atoms with Crippen molar-refractivity contribution in [1.29, 1.82) is 0 Å². The largest absolute Gasteiger partial charge is 0.299 e. The maximum Gasteiger partial charge on any atom is 0.261 e. The molecule has 6 aromatic rings. The molecule has 0 spiro atoms. The first-order chi connectivity index (χ1) is 27.0. The number of benzene rings is 2. The minimum absolute atomic E-state index is 0.0181. The molecule has 7 rings (SSSR count). The number of carbonyl (C=O) groups excluding carboxylic acids is 2. The third kappa shape index (κ3) is 11.4. The van der Waals surface area contributed by atoms with Gasteiger partial charge < -0.3 is 0 Å². The van der Waals surface area contributed by atoms with Crippen LogP contribution < -0.4 is 0 Å². The standard InChI is InChI=1S/C22H25N3O3S3.C17H15ClN2O3S3/c1-15-22(30-16(2)23-15)20-14-29-21(24-20)13-18(26)12-17-6-8-19(9-7-17)31(27,28)25-10-4-3-5-11-25;1-10-17(25-11(2)19-10)15-9-24-16(20-15)8-13(21)7-12-3-5-14(6-4-12)26(18,22)23/h6-9,14H,3-5,10-13H2,1-2H3;3-6,9H,7-8H2,1-2H3. The minimum Gasteiger partial charge on any atom is -0.299 e. The Hall–Kier alpha value is -3.55. The van der Waals surface area contributed by atoms with Crippen LogP contribution in [-0.4, -0.2) is 65.7 Å². The smallest absolute Gasteiger partial charge is 0.261 e. The molecule has 0 radical (unpaired) electrons. The van der Waals surface area contributed by atoms with E-state index in [2.05, 4.69) is 19.9 Å². The van der Waals surface area contributed by atoms with Crippen molar-refractivity contribution in [3.05, 3.63) is 102 Å². The summed E-state index contributed by atoms with van der Waals surface area (Å²) in [5.74, 6) is 0.0781. The van der Waals surface area contributed by atoms with E-state index in [9.17, 15) is 26.4 Å². The van der Waals surface area contributed by atoms with Crippen molar-refractivity contribution in [2.75, 3.05) is 13.1 Å². The van der Waals surface area contributed by atoms with E-state index in [1.54, 1.807) is 63.4 Å².